The molecule has 0 bridgehead atoms. The standard InChI is InChI=1S/C14H16N4O2/c15-12(19)9-5-7-18(8-6-9)14-16-11-4-2-1-3-10(11)13(20)17-14/h1-4,9H,5-8H2,(H2,15,19)(H,16,17,20). The highest BCUT2D eigenvalue weighted by Crippen LogP contribution is 2.20. The molecule has 3 rings (SSSR count). The normalized spacial score (nSPS) is 16.5. The summed E-state index contributed by atoms with van der Waals surface area (Å²) in [6.07, 6.45) is 1.40. The van der Waals surface area contributed by atoms with Crippen LogP contribution in [0.3, 0.4) is 0 Å². The lowest BCUT2D eigenvalue weighted by Gasteiger charge is -2.30. The molecule has 0 atom stereocenters. The quantitative estimate of drug-likeness (QED) is 0.838. The van der Waals surface area contributed by atoms with Crippen molar-refractivity contribution in [1.29, 1.82) is 0 Å². The molecule has 1 aliphatic heterocycles. The van der Waals surface area contributed by atoms with Gasteiger partial charge in [-0.2, -0.15) is 0 Å². The van der Waals surface area contributed by atoms with Gasteiger partial charge in [-0.25, -0.2) is 4.98 Å². The van der Waals surface area contributed by atoms with Gasteiger partial charge in [0.25, 0.3) is 5.56 Å². The Morgan fingerprint density at radius 3 is 2.70 bits per heavy atom. The van der Waals surface area contributed by atoms with Crippen LogP contribution in [0.2, 0.25) is 0 Å². The lowest BCUT2D eigenvalue weighted by molar-refractivity contribution is -0.122. The third-order valence-electron chi connectivity index (χ3n) is 3.80. The van der Waals surface area contributed by atoms with Gasteiger partial charge in [-0.15, -0.1) is 0 Å². The van der Waals surface area contributed by atoms with Crippen LogP contribution in [0.25, 0.3) is 10.9 Å². The maximum absolute atomic E-state index is 12.0. The topological polar surface area (TPSA) is 92.1 Å². The lowest BCUT2D eigenvalue weighted by atomic mass is 9.96. The van der Waals surface area contributed by atoms with E-state index in [1.54, 1.807) is 6.07 Å². The summed E-state index contributed by atoms with van der Waals surface area (Å²) in [5.74, 6) is 0.250. The predicted octanol–water partition coefficient (Wildman–Crippen LogP) is 0.625. The van der Waals surface area contributed by atoms with Crippen molar-refractivity contribution >= 4 is 22.8 Å². The van der Waals surface area contributed by atoms with Crippen molar-refractivity contribution in [3.63, 3.8) is 0 Å². The highest BCUT2D eigenvalue weighted by atomic mass is 16.1. The highest BCUT2D eigenvalue weighted by Gasteiger charge is 2.24. The monoisotopic (exact) mass is 272 g/mol. The second-order valence-electron chi connectivity index (χ2n) is 5.07. The molecule has 1 amide bonds. The fourth-order valence-corrected chi connectivity index (χ4v) is 2.60. The van der Waals surface area contributed by atoms with Gasteiger partial charge in [0, 0.05) is 19.0 Å². The van der Waals surface area contributed by atoms with E-state index in [1.807, 2.05) is 23.1 Å². The Bertz CT molecular complexity index is 702. The Balaban J connectivity index is 1.88. The number of anilines is 1. The minimum atomic E-state index is -0.246. The molecule has 1 saturated heterocycles. The van der Waals surface area contributed by atoms with E-state index >= 15 is 0 Å². The number of piperidine rings is 1. The molecule has 2 heterocycles. The molecule has 0 unspecified atom stereocenters. The van der Waals surface area contributed by atoms with Crippen LogP contribution in [-0.4, -0.2) is 29.0 Å². The number of benzene rings is 1. The first kappa shape index (κ1) is 12.7. The zero-order valence-corrected chi connectivity index (χ0v) is 11.0. The fourth-order valence-electron chi connectivity index (χ4n) is 2.60. The predicted molar refractivity (Wildman–Crippen MR) is 76.5 cm³/mol. The highest BCUT2D eigenvalue weighted by molar-refractivity contribution is 5.78. The van der Waals surface area contributed by atoms with E-state index in [0.717, 1.165) is 0 Å². The summed E-state index contributed by atoms with van der Waals surface area (Å²) in [7, 11) is 0. The Kier molecular flexibility index (Phi) is 3.14. The van der Waals surface area contributed by atoms with E-state index in [9.17, 15) is 9.59 Å². The first-order valence-corrected chi connectivity index (χ1v) is 6.68. The van der Waals surface area contributed by atoms with Crippen LogP contribution < -0.4 is 16.2 Å². The van der Waals surface area contributed by atoms with Crippen LogP contribution >= 0.6 is 0 Å². The van der Waals surface area contributed by atoms with Crippen LogP contribution in [0.5, 0.6) is 0 Å². The van der Waals surface area contributed by atoms with Gasteiger partial charge in [0.2, 0.25) is 11.9 Å². The van der Waals surface area contributed by atoms with Crippen molar-refractivity contribution in [3.05, 3.63) is 34.6 Å². The van der Waals surface area contributed by atoms with Crippen molar-refractivity contribution in [2.24, 2.45) is 11.7 Å². The number of primary amides is 1. The van der Waals surface area contributed by atoms with Gasteiger partial charge in [-0.05, 0) is 25.0 Å². The average molecular weight is 272 g/mol. The number of aromatic nitrogens is 2. The van der Waals surface area contributed by atoms with E-state index < -0.39 is 0 Å². The molecular weight excluding hydrogens is 256 g/mol. The molecule has 1 aliphatic rings. The summed E-state index contributed by atoms with van der Waals surface area (Å²) in [5.41, 5.74) is 5.87. The van der Waals surface area contributed by atoms with Crippen LogP contribution in [0.15, 0.2) is 29.1 Å². The number of para-hydroxylation sites is 1. The number of nitrogens with two attached hydrogens (primary N) is 1. The summed E-state index contributed by atoms with van der Waals surface area (Å²) in [6, 6.07) is 7.25. The average Bonchev–Trinajstić information content (AvgIpc) is 2.47. The number of hydrogen-bond acceptors (Lipinski definition) is 4. The number of carbonyl (C=O) groups excluding carboxylic acids is 1. The zero-order chi connectivity index (χ0) is 14.1. The number of aromatic amines is 1. The van der Waals surface area contributed by atoms with E-state index in [2.05, 4.69) is 9.97 Å². The Morgan fingerprint density at radius 2 is 2.00 bits per heavy atom. The number of hydrogen-bond donors (Lipinski definition) is 2. The number of H-pyrrole nitrogens is 1. The molecule has 0 aliphatic carbocycles. The van der Waals surface area contributed by atoms with Gasteiger partial charge in [-0.3, -0.25) is 14.6 Å². The first-order chi connectivity index (χ1) is 9.65. The molecule has 1 aromatic carbocycles. The number of carbonyl (C=O) groups is 1. The summed E-state index contributed by atoms with van der Waals surface area (Å²) < 4.78 is 0. The van der Waals surface area contributed by atoms with Gasteiger partial charge < -0.3 is 10.6 Å². The molecule has 0 saturated carbocycles. The van der Waals surface area contributed by atoms with E-state index in [1.165, 1.54) is 0 Å². The molecular formula is C14H16N4O2. The summed E-state index contributed by atoms with van der Waals surface area (Å²) >= 11 is 0. The summed E-state index contributed by atoms with van der Waals surface area (Å²) in [4.78, 5) is 32.5. The molecule has 6 nitrogen and oxygen atoms in total. The van der Waals surface area contributed by atoms with E-state index in [0.29, 0.717) is 42.8 Å². The minimum Gasteiger partial charge on any atom is -0.369 e. The molecule has 2 aromatic rings. The largest absolute Gasteiger partial charge is 0.369 e. The lowest BCUT2D eigenvalue weighted by Crippen LogP contribution is -2.39. The molecule has 20 heavy (non-hydrogen) atoms. The fraction of sp³-hybridized carbons (Fsp3) is 0.357. The molecule has 1 fully saturated rings. The second kappa shape index (κ2) is 4.96. The molecule has 6 heteroatoms. The van der Waals surface area contributed by atoms with Gasteiger partial charge >= 0.3 is 0 Å². The number of amides is 1. The molecule has 1 aromatic heterocycles. The molecule has 0 spiro atoms. The molecule has 104 valence electrons. The molecule has 3 N–H and O–H groups in total. The zero-order valence-electron chi connectivity index (χ0n) is 11.0. The van der Waals surface area contributed by atoms with Crippen LogP contribution in [-0.2, 0) is 4.79 Å². The first-order valence-electron chi connectivity index (χ1n) is 6.68. The molecule has 0 radical (unpaired) electrons. The van der Waals surface area contributed by atoms with Crippen LogP contribution in [0, 0.1) is 5.92 Å². The van der Waals surface area contributed by atoms with Crippen molar-refractivity contribution in [2.75, 3.05) is 18.0 Å². The number of fused-ring (bicyclic) bond motifs is 1. The van der Waals surface area contributed by atoms with E-state index in [4.69, 9.17) is 5.73 Å². The second-order valence-corrected chi connectivity index (χ2v) is 5.07. The van der Waals surface area contributed by atoms with Crippen molar-refractivity contribution in [1.82, 2.24) is 9.97 Å². The number of rotatable bonds is 2. The third-order valence-corrected chi connectivity index (χ3v) is 3.80. The maximum atomic E-state index is 12.0. The van der Waals surface area contributed by atoms with Crippen molar-refractivity contribution in [3.8, 4) is 0 Å². The summed E-state index contributed by atoms with van der Waals surface area (Å²) in [5, 5.41) is 0.586. The van der Waals surface area contributed by atoms with Gasteiger partial charge in [0.05, 0.1) is 10.9 Å². The van der Waals surface area contributed by atoms with E-state index in [-0.39, 0.29) is 17.4 Å². The summed E-state index contributed by atoms with van der Waals surface area (Å²) in [6.45, 7) is 1.35. The maximum Gasteiger partial charge on any atom is 0.260 e. The van der Waals surface area contributed by atoms with Crippen LogP contribution in [0.4, 0.5) is 5.95 Å². The van der Waals surface area contributed by atoms with Crippen LogP contribution in [0.1, 0.15) is 12.8 Å². The smallest absolute Gasteiger partial charge is 0.260 e. The number of nitrogens with zero attached hydrogens (tertiary/aromatic N) is 2. The van der Waals surface area contributed by atoms with Crippen molar-refractivity contribution in [2.45, 2.75) is 12.8 Å². The van der Waals surface area contributed by atoms with Gasteiger partial charge in [0.1, 0.15) is 0 Å². The SMILES string of the molecule is NC(=O)C1CCN(c2nc3ccccc3c(=O)[nH]2)CC1. The van der Waals surface area contributed by atoms with Crippen molar-refractivity contribution < 1.29 is 4.79 Å². The number of nitrogens with one attached hydrogen (secondary N) is 1. The third kappa shape index (κ3) is 2.24. The Hall–Kier alpha value is -2.37. The Morgan fingerprint density at radius 1 is 1.30 bits per heavy atom. The van der Waals surface area contributed by atoms with Gasteiger partial charge in [0.15, 0.2) is 0 Å². The minimum absolute atomic E-state index is 0.0709. The van der Waals surface area contributed by atoms with Gasteiger partial charge in [-0.1, -0.05) is 12.1 Å². The Labute approximate surface area is 115 Å².